The number of aromatic hydroxyl groups is 3. The summed E-state index contributed by atoms with van der Waals surface area (Å²) in [5.41, 5.74) is 5.52. The lowest BCUT2D eigenvalue weighted by Crippen LogP contribution is -2.17. The van der Waals surface area contributed by atoms with Gasteiger partial charge in [0, 0.05) is 11.1 Å². The van der Waals surface area contributed by atoms with Crippen LogP contribution in [0.4, 0.5) is 0 Å². The van der Waals surface area contributed by atoms with Crippen LogP contribution in [-0.4, -0.2) is 27.4 Å². The second-order valence-electron chi connectivity index (χ2n) is 6.59. The highest BCUT2D eigenvalue weighted by Gasteiger charge is 2.08. The predicted octanol–water partition coefficient (Wildman–Crippen LogP) is 4.70. The molecule has 3 rings (SSSR count). The Balaban J connectivity index is 1.75. The first-order valence-electron chi connectivity index (χ1n) is 8.96. The number of rotatable bonds is 5. The summed E-state index contributed by atoms with van der Waals surface area (Å²) in [5, 5.41) is 33.4. The van der Waals surface area contributed by atoms with E-state index in [0.29, 0.717) is 11.1 Å². The molecule has 0 spiro atoms. The second-order valence-corrected chi connectivity index (χ2v) is 6.99. The summed E-state index contributed by atoms with van der Waals surface area (Å²) >= 11 is 5.79. The van der Waals surface area contributed by atoms with Crippen molar-refractivity contribution in [2.45, 2.75) is 6.92 Å². The molecular formula is C23H19ClN2O4. The Hall–Kier alpha value is -3.77. The normalized spacial score (nSPS) is 11.3. The largest absolute Gasteiger partial charge is 0.506 e. The highest BCUT2D eigenvalue weighted by atomic mass is 35.5. The van der Waals surface area contributed by atoms with Crippen molar-refractivity contribution in [3.05, 3.63) is 87.4 Å². The summed E-state index contributed by atoms with van der Waals surface area (Å²) in [5.74, 6) is -1.20. The maximum absolute atomic E-state index is 12.1. The number of phenols is 3. The summed E-state index contributed by atoms with van der Waals surface area (Å²) in [7, 11) is 0. The van der Waals surface area contributed by atoms with E-state index < -0.39 is 5.91 Å². The fourth-order valence-corrected chi connectivity index (χ4v) is 2.79. The standard InChI is InChI=1S/C23H19ClN2O4/c1-14-2-4-15(5-3-14)6-7-17-10-16(11-21(28)22(17)29)13-25-26-23(30)18-8-9-20(27)19(24)12-18/h2-13,27-29H,1H3,(H,26,30)/b7-6+,25-13+. The molecule has 0 aliphatic heterocycles. The zero-order chi connectivity index (χ0) is 21.7. The van der Waals surface area contributed by atoms with E-state index in [2.05, 4.69) is 10.5 Å². The predicted molar refractivity (Wildman–Crippen MR) is 118 cm³/mol. The minimum atomic E-state index is -0.518. The van der Waals surface area contributed by atoms with E-state index in [0.717, 1.165) is 11.1 Å². The van der Waals surface area contributed by atoms with E-state index in [-0.39, 0.29) is 27.8 Å². The van der Waals surface area contributed by atoms with Crippen LogP contribution in [0.2, 0.25) is 5.02 Å². The molecular weight excluding hydrogens is 404 g/mol. The number of amides is 1. The van der Waals surface area contributed by atoms with Crippen LogP contribution in [0.5, 0.6) is 17.2 Å². The second kappa shape index (κ2) is 9.15. The lowest BCUT2D eigenvalue weighted by Gasteiger charge is -2.05. The van der Waals surface area contributed by atoms with Gasteiger partial charge in [-0.1, -0.05) is 53.6 Å². The van der Waals surface area contributed by atoms with Gasteiger partial charge >= 0.3 is 0 Å². The minimum Gasteiger partial charge on any atom is -0.506 e. The number of hydrogen-bond donors (Lipinski definition) is 4. The van der Waals surface area contributed by atoms with Crippen LogP contribution in [0.1, 0.15) is 32.6 Å². The Bertz CT molecular complexity index is 1140. The van der Waals surface area contributed by atoms with Crippen molar-refractivity contribution in [2.75, 3.05) is 0 Å². The van der Waals surface area contributed by atoms with Crippen LogP contribution < -0.4 is 5.43 Å². The van der Waals surface area contributed by atoms with Gasteiger partial charge in [-0.2, -0.15) is 5.10 Å². The van der Waals surface area contributed by atoms with Gasteiger partial charge in [0.25, 0.3) is 5.91 Å². The number of benzene rings is 3. The van der Waals surface area contributed by atoms with E-state index >= 15 is 0 Å². The summed E-state index contributed by atoms with van der Waals surface area (Å²) < 4.78 is 0. The fraction of sp³-hybridized carbons (Fsp3) is 0.0435. The number of halogens is 1. The molecule has 3 aromatic rings. The monoisotopic (exact) mass is 422 g/mol. The molecule has 0 bridgehead atoms. The first-order valence-corrected chi connectivity index (χ1v) is 9.34. The Morgan fingerprint density at radius 3 is 2.37 bits per heavy atom. The van der Waals surface area contributed by atoms with E-state index in [1.165, 1.54) is 30.5 Å². The molecule has 0 saturated heterocycles. The zero-order valence-electron chi connectivity index (χ0n) is 16.0. The van der Waals surface area contributed by atoms with Gasteiger partial charge in [0.05, 0.1) is 11.2 Å². The Kier molecular flexibility index (Phi) is 6.39. The molecule has 30 heavy (non-hydrogen) atoms. The Morgan fingerprint density at radius 1 is 0.933 bits per heavy atom. The highest BCUT2D eigenvalue weighted by Crippen LogP contribution is 2.31. The number of aryl methyl sites for hydroxylation is 1. The summed E-state index contributed by atoms with van der Waals surface area (Å²) in [6.45, 7) is 2.00. The third-order valence-electron chi connectivity index (χ3n) is 4.26. The number of carbonyl (C=O) groups is 1. The fourth-order valence-electron chi connectivity index (χ4n) is 2.61. The molecule has 4 N–H and O–H groups in total. The molecule has 0 unspecified atom stereocenters. The van der Waals surface area contributed by atoms with Crippen molar-refractivity contribution < 1.29 is 20.1 Å². The zero-order valence-corrected chi connectivity index (χ0v) is 16.8. The van der Waals surface area contributed by atoms with Crippen LogP contribution in [0.3, 0.4) is 0 Å². The van der Waals surface area contributed by atoms with E-state index in [4.69, 9.17) is 11.6 Å². The molecule has 3 aromatic carbocycles. The number of nitrogens with zero attached hydrogens (tertiary/aromatic N) is 1. The van der Waals surface area contributed by atoms with Crippen molar-refractivity contribution in [1.82, 2.24) is 5.43 Å². The lowest BCUT2D eigenvalue weighted by molar-refractivity contribution is 0.0955. The van der Waals surface area contributed by atoms with Crippen molar-refractivity contribution in [3.63, 3.8) is 0 Å². The molecule has 6 nitrogen and oxygen atoms in total. The van der Waals surface area contributed by atoms with Crippen molar-refractivity contribution in [1.29, 1.82) is 0 Å². The Morgan fingerprint density at radius 2 is 1.67 bits per heavy atom. The van der Waals surface area contributed by atoms with Crippen molar-refractivity contribution >= 4 is 35.9 Å². The molecule has 1 amide bonds. The molecule has 7 heteroatoms. The number of hydrazone groups is 1. The average molecular weight is 423 g/mol. The third-order valence-corrected chi connectivity index (χ3v) is 4.57. The van der Waals surface area contributed by atoms with E-state index in [1.807, 2.05) is 37.3 Å². The lowest BCUT2D eigenvalue weighted by atomic mass is 10.1. The maximum atomic E-state index is 12.1. The topological polar surface area (TPSA) is 102 Å². The molecule has 0 aliphatic rings. The molecule has 0 fully saturated rings. The third kappa shape index (κ3) is 5.18. The van der Waals surface area contributed by atoms with Gasteiger partial charge in [-0.25, -0.2) is 5.43 Å². The molecule has 0 aromatic heterocycles. The van der Waals surface area contributed by atoms with Gasteiger partial charge in [0.15, 0.2) is 11.5 Å². The molecule has 0 radical (unpaired) electrons. The van der Waals surface area contributed by atoms with Gasteiger partial charge in [0.1, 0.15) is 5.75 Å². The highest BCUT2D eigenvalue weighted by molar-refractivity contribution is 6.32. The SMILES string of the molecule is Cc1ccc(/C=C/c2cc(/C=N/NC(=O)c3ccc(O)c(Cl)c3)cc(O)c2O)cc1. The first-order chi connectivity index (χ1) is 14.3. The molecule has 152 valence electrons. The summed E-state index contributed by atoms with van der Waals surface area (Å²) in [6, 6.07) is 14.8. The van der Waals surface area contributed by atoms with E-state index in [9.17, 15) is 20.1 Å². The van der Waals surface area contributed by atoms with Gasteiger partial charge in [-0.05, 0) is 48.4 Å². The number of nitrogens with one attached hydrogen (secondary N) is 1. The quantitative estimate of drug-likeness (QED) is 0.207. The average Bonchev–Trinajstić information content (AvgIpc) is 2.72. The first kappa shape index (κ1) is 21.0. The molecule has 0 atom stereocenters. The van der Waals surface area contributed by atoms with Gasteiger partial charge in [-0.15, -0.1) is 0 Å². The van der Waals surface area contributed by atoms with Crippen LogP contribution in [0, 0.1) is 6.92 Å². The molecule has 0 aliphatic carbocycles. The van der Waals surface area contributed by atoms with Crippen LogP contribution in [0.25, 0.3) is 12.2 Å². The minimum absolute atomic E-state index is 0.0556. The van der Waals surface area contributed by atoms with Gasteiger partial charge in [0.2, 0.25) is 0 Å². The maximum Gasteiger partial charge on any atom is 0.271 e. The Labute approximate surface area is 178 Å². The van der Waals surface area contributed by atoms with Crippen LogP contribution in [-0.2, 0) is 0 Å². The summed E-state index contributed by atoms with van der Waals surface area (Å²) in [4.78, 5) is 12.1. The number of carbonyl (C=O) groups excluding carboxylic acids is 1. The molecule has 0 heterocycles. The van der Waals surface area contributed by atoms with E-state index in [1.54, 1.807) is 12.1 Å². The van der Waals surface area contributed by atoms with Crippen LogP contribution >= 0.6 is 11.6 Å². The van der Waals surface area contributed by atoms with Crippen molar-refractivity contribution in [3.8, 4) is 17.2 Å². The van der Waals surface area contributed by atoms with Gasteiger partial charge in [-0.3, -0.25) is 4.79 Å². The number of hydrogen-bond acceptors (Lipinski definition) is 5. The van der Waals surface area contributed by atoms with Crippen LogP contribution in [0.15, 0.2) is 59.7 Å². The van der Waals surface area contributed by atoms with Gasteiger partial charge < -0.3 is 15.3 Å². The molecule has 0 saturated carbocycles. The smallest absolute Gasteiger partial charge is 0.271 e. The number of phenolic OH excluding ortho intramolecular Hbond substituents is 3. The van der Waals surface area contributed by atoms with Crippen molar-refractivity contribution in [2.24, 2.45) is 5.10 Å². The summed E-state index contributed by atoms with van der Waals surface area (Å²) in [6.07, 6.45) is 4.82.